The zero-order valence-electron chi connectivity index (χ0n) is 85.3. The molecule has 0 atom stereocenters. The zero-order valence-corrected chi connectivity index (χ0v) is 94.8. The van der Waals surface area contributed by atoms with E-state index in [2.05, 4.69) is 354 Å². The Bertz CT molecular complexity index is 6380. The van der Waals surface area contributed by atoms with Gasteiger partial charge >= 0.3 is 0 Å². The maximum atomic E-state index is 11.2. The van der Waals surface area contributed by atoms with Gasteiger partial charge in [0.1, 0.15) is 0 Å². The van der Waals surface area contributed by atoms with Crippen molar-refractivity contribution in [2.24, 2.45) is 17.8 Å². The average molecular weight is 2570 g/mol. The van der Waals surface area contributed by atoms with Crippen molar-refractivity contribution in [3.8, 4) is 101 Å². The van der Waals surface area contributed by atoms with Gasteiger partial charge in [-0.1, -0.05) is 280 Å². The summed E-state index contributed by atoms with van der Waals surface area (Å²) in [5.74, 6) is 1.54. The van der Waals surface area contributed by atoms with E-state index >= 15 is 0 Å². The fraction of sp³-hybridized carbons (Fsp3) is 0.254. The van der Waals surface area contributed by atoms with Gasteiger partial charge in [0.05, 0.1) is 17.0 Å². The van der Waals surface area contributed by atoms with Crippen LogP contribution < -0.4 is 0 Å². The largest absolute Gasteiger partial charge is 0.512 e. The summed E-state index contributed by atoms with van der Waals surface area (Å²) < 4.78 is 0. The quantitative estimate of drug-likeness (QED) is 0.0512. The summed E-state index contributed by atoms with van der Waals surface area (Å²) in [7, 11) is 0. The Balaban J connectivity index is 0.000000285. The van der Waals surface area contributed by atoms with E-state index in [1.54, 1.807) is 0 Å². The topological polar surface area (TPSA) is 152 Å². The van der Waals surface area contributed by atoms with E-state index in [9.17, 15) is 14.7 Å². The number of aromatic nitrogens is 6. The van der Waals surface area contributed by atoms with Crippen molar-refractivity contribution in [1.29, 1.82) is 0 Å². The Morgan fingerprint density at radius 2 is 0.750 bits per heavy atom. The third kappa shape index (κ3) is 40.5. The van der Waals surface area contributed by atoms with Gasteiger partial charge in [0.15, 0.2) is 11.6 Å². The molecular weight excluding hydrogens is 2430 g/mol. The Labute approximate surface area is 890 Å². The molecule has 0 bridgehead atoms. The van der Waals surface area contributed by atoms with Gasteiger partial charge in [-0.05, 0) is 184 Å². The molecule has 10 nitrogen and oxygen atoms in total. The van der Waals surface area contributed by atoms with Crippen LogP contribution in [0.4, 0.5) is 0 Å². The average Bonchev–Trinajstić information content (AvgIpc) is 0.778. The van der Waals surface area contributed by atoms with Gasteiger partial charge in [0.2, 0.25) is 0 Å². The van der Waals surface area contributed by atoms with Crippen molar-refractivity contribution >= 4 is 22.5 Å². The Morgan fingerprint density at radius 3 is 1.14 bits per heavy atom. The molecule has 0 amide bonds. The summed E-state index contributed by atoms with van der Waals surface area (Å²) in [6.45, 7) is 47.8. The summed E-state index contributed by atoms with van der Waals surface area (Å²) in [5.41, 5.74) is 33.5. The van der Waals surface area contributed by atoms with E-state index in [0.717, 1.165) is 85.0 Å². The van der Waals surface area contributed by atoms with E-state index in [1.807, 2.05) is 169 Å². The van der Waals surface area contributed by atoms with Crippen LogP contribution in [0.15, 0.2) is 340 Å². The van der Waals surface area contributed by atoms with Gasteiger partial charge in [-0.3, -0.25) is 14.6 Å². The van der Waals surface area contributed by atoms with E-state index < -0.39 is 0 Å². The molecule has 6 aromatic heterocycles. The summed E-state index contributed by atoms with van der Waals surface area (Å²) in [6, 6.07) is 117. The summed E-state index contributed by atoms with van der Waals surface area (Å²) >= 11 is 0. The summed E-state index contributed by atoms with van der Waals surface area (Å²) in [6.07, 6.45) is 14.3. The molecule has 16 rings (SSSR count). The fourth-order valence-corrected chi connectivity index (χ4v) is 14.6. The SMILES string of the molecule is CC(=O)C=C(C)O.CC(C)(C)c1ccc(-c2[c-]ccc(-c3ccccc3)c2)nc1.CC(C)(C)c1ccc(-c2[c-]cccc2)nc1.CC(C)(C)c1ccc(-c2[c-]cccc2)nc1.CC(C)CC(=O)C=C(O)CC(C)C.Cc1[c-]c(-c2cc(CC(C)C)c3cc(C)ccc3n2)cc(C)c1.Cc1cc(C)cc(-c2ccnc(-c3[c-]cccc3)c2)c1.Cc1ccc(-c2[c-]ccc(-c3ccccc3)c2)nc1.[Ir].[Ir].[Ir].[Ir]. The van der Waals surface area contributed by atoms with Crippen LogP contribution in [0, 0.1) is 95.7 Å². The van der Waals surface area contributed by atoms with Crippen LogP contribution in [0.5, 0.6) is 0 Å². The molecule has 0 aliphatic carbocycles. The van der Waals surface area contributed by atoms with Crippen LogP contribution in [0.25, 0.3) is 112 Å². The molecule has 0 unspecified atom stereocenters. The molecule has 0 fully saturated rings. The molecule has 0 aliphatic rings. The maximum Gasteiger partial charge on any atom is 0.159 e. The monoisotopic (exact) mass is 2570 g/mol. The second kappa shape index (κ2) is 58.6. The minimum atomic E-state index is -0.125. The number of nitrogens with zero attached hydrogens (tertiary/aromatic N) is 6. The molecule has 0 aliphatic heterocycles. The van der Waals surface area contributed by atoms with Gasteiger partial charge in [0, 0.05) is 142 Å². The Kier molecular flexibility index (Phi) is 49.7. The van der Waals surface area contributed by atoms with Crippen molar-refractivity contribution in [1.82, 2.24) is 29.9 Å². The number of carbonyl (C=O) groups is 2. The zero-order chi connectivity index (χ0) is 98.7. The number of pyridine rings is 6. The van der Waals surface area contributed by atoms with Crippen LogP contribution in [0.1, 0.15) is 186 Å². The Hall–Kier alpha value is -11.6. The van der Waals surface area contributed by atoms with E-state index in [4.69, 9.17) is 10.1 Å². The molecule has 140 heavy (non-hydrogen) atoms. The molecule has 0 saturated heterocycles. The number of carbonyl (C=O) groups excluding carboxylic acids is 2. The molecule has 0 saturated carbocycles. The van der Waals surface area contributed by atoms with E-state index in [1.165, 1.54) is 115 Å². The van der Waals surface area contributed by atoms with E-state index in [-0.39, 0.29) is 120 Å². The first-order chi connectivity index (χ1) is 64.7. The van der Waals surface area contributed by atoms with Crippen LogP contribution in [-0.2, 0) is 113 Å². The molecule has 10 aromatic carbocycles. The van der Waals surface area contributed by atoms with Gasteiger partial charge < -0.3 is 35.1 Å². The number of fused-ring (bicyclic) bond motifs is 1. The number of aliphatic hydroxyl groups is 2. The van der Waals surface area contributed by atoms with Crippen LogP contribution in [0.2, 0.25) is 0 Å². The van der Waals surface area contributed by atoms with Crippen molar-refractivity contribution in [3.05, 3.63) is 432 Å². The number of allylic oxidation sites excluding steroid dienone is 4. The van der Waals surface area contributed by atoms with Crippen molar-refractivity contribution in [2.45, 2.75) is 195 Å². The number of ketones is 2. The second-order valence-corrected chi connectivity index (χ2v) is 38.8. The van der Waals surface area contributed by atoms with E-state index in [0.29, 0.717) is 30.6 Å². The molecule has 14 heteroatoms. The molecule has 4 radical (unpaired) electrons. The fourth-order valence-electron chi connectivity index (χ4n) is 14.6. The normalized spacial score (nSPS) is 10.9. The number of hydrogen-bond donors (Lipinski definition) is 2. The molecule has 0 spiro atoms. The van der Waals surface area contributed by atoms with Crippen molar-refractivity contribution in [3.63, 3.8) is 0 Å². The predicted octanol–water partition coefficient (Wildman–Crippen LogP) is 32.5. The third-order valence-corrected chi connectivity index (χ3v) is 21.5. The second-order valence-electron chi connectivity index (χ2n) is 38.8. The molecule has 2 N–H and O–H groups in total. The number of aliphatic hydroxyl groups excluding tert-OH is 2. The number of hydrogen-bond acceptors (Lipinski definition) is 10. The van der Waals surface area contributed by atoms with Gasteiger partial charge in [-0.2, -0.15) is 0 Å². The minimum Gasteiger partial charge on any atom is -0.512 e. The number of benzene rings is 10. The summed E-state index contributed by atoms with van der Waals surface area (Å²) in [4.78, 5) is 48.6. The molecule has 6 heterocycles. The van der Waals surface area contributed by atoms with Crippen molar-refractivity contribution in [2.75, 3.05) is 0 Å². The number of rotatable bonds is 17. The number of aryl methyl sites for hydroxylation is 6. The van der Waals surface area contributed by atoms with Gasteiger partial charge in [0.25, 0.3) is 0 Å². The third-order valence-electron chi connectivity index (χ3n) is 21.5. The molecule has 16 aromatic rings. The first-order valence-corrected chi connectivity index (χ1v) is 46.8. The standard InChI is InChI=1S/C22H24N.C21H20N.C19H16N.C18H14N.2C15H16N.C11H20O2.C5H8O2.4Ir/c1-14(2)8-18-13-22(19-10-16(4)9-17(5)11-19)23-21-7-6-15(3)12-20(18)21;1-21(2,3)19-12-13-20(22-15-19)18-11-7-10-17(14-18)16-8-5-4-6-9-16;1-14-10-15(2)12-18(11-14)17-8-9-20-19(13-17)16-6-4-3-5-7-16;1-14-10-11-18(19-13-14)17-9-5-8-16(12-17)15-6-3-2-4-7-15;2*1-15(2,3)13-9-10-14(16-11-13)12-7-5-4-6-8-12;1-8(2)5-10(12)7-11(13)6-9(3)4;1-4(6)3-5(2)7;;;;/h6-7,9-10,12-14H,8H2,1-5H3;4-10,12-15H,1-3H3;3-6,8-13H,1-2H3;2-8,10-13H,1H3;2*4-7,9-11H,1-3H3;7-9,12H,5-6H2,1-4H3;3,6H,1-2H3;;;;/q6*-1;;;;;;. The molecule has 734 valence electrons. The van der Waals surface area contributed by atoms with Crippen molar-refractivity contribution < 1.29 is 100 Å². The van der Waals surface area contributed by atoms with Crippen LogP contribution in [0.3, 0.4) is 0 Å². The smallest absolute Gasteiger partial charge is 0.159 e. The predicted molar refractivity (Wildman–Crippen MR) is 570 cm³/mol. The van der Waals surface area contributed by atoms with Crippen LogP contribution in [-0.4, -0.2) is 51.7 Å². The minimum absolute atomic E-state index is 0. The van der Waals surface area contributed by atoms with Crippen LogP contribution >= 0.6 is 0 Å². The first-order valence-electron chi connectivity index (χ1n) is 46.8. The Morgan fingerprint density at radius 1 is 0.336 bits per heavy atom. The van der Waals surface area contributed by atoms with Gasteiger partial charge in [-0.15, -0.1) is 213 Å². The summed E-state index contributed by atoms with van der Waals surface area (Å²) in [5, 5.41) is 19.0. The molecular formula is C126H134Ir4N6O4-6. The first kappa shape index (κ1) is 119. The maximum absolute atomic E-state index is 11.2. The van der Waals surface area contributed by atoms with Gasteiger partial charge in [-0.25, -0.2) is 0 Å².